The van der Waals surface area contributed by atoms with Gasteiger partial charge in [-0.2, -0.15) is 5.10 Å². The molecule has 0 saturated carbocycles. The molecule has 0 aliphatic carbocycles. The number of carboxylic acids is 1. The molecule has 2 heterocycles. The van der Waals surface area contributed by atoms with Crippen LogP contribution in [0.15, 0.2) is 12.4 Å². The van der Waals surface area contributed by atoms with Crippen LogP contribution < -0.4 is 5.73 Å². The number of carboxylic acid groups (broad SMARTS) is 1. The van der Waals surface area contributed by atoms with E-state index in [1.165, 1.54) is 12.4 Å². The third kappa shape index (κ3) is 1.83. The minimum Gasteiger partial charge on any atom is -0.481 e. The molecule has 0 aliphatic rings. The van der Waals surface area contributed by atoms with Crippen molar-refractivity contribution in [2.24, 2.45) is 0 Å². The maximum Gasteiger partial charge on any atom is 0.307 e. The molecule has 82 valence electrons. The summed E-state index contributed by atoms with van der Waals surface area (Å²) in [5.41, 5.74) is 6.74. The summed E-state index contributed by atoms with van der Waals surface area (Å²) in [7, 11) is 0. The number of nitrogens with zero attached hydrogens (tertiary/aromatic N) is 3. The number of fused-ring (bicyclic) bond motifs is 1. The number of nitrogens with one attached hydrogen (secondary N) is 1. The molecule has 0 atom stereocenters. The van der Waals surface area contributed by atoms with Gasteiger partial charge in [0.25, 0.3) is 0 Å². The summed E-state index contributed by atoms with van der Waals surface area (Å²) in [6, 6.07) is 0. The Hall–Kier alpha value is -2.44. The van der Waals surface area contributed by atoms with Gasteiger partial charge in [-0.15, -0.1) is 0 Å². The van der Waals surface area contributed by atoms with Gasteiger partial charge in [-0.1, -0.05) is 6.08 Å². The van der Waals surface area contributed by atoms with Crippen LogP contribution in [0.3, 0.4) is 0 Å². The van der Waals surface area contributed by atoms with Gasteiger partial charge in [0.2, 0.25) is 0 Å². The molecule has 0 aromatic carbocycles. The summed E-state index contributed by atoms with van der Waals surface area (Å²) >= 11 is 0. The van der Waals surface area contributed by atoms with E-state index in [0.717, 1.165) is 0 Å². The van der Waals surface area contributed by atoms with E-state index in [0.29, 0.717) is 22.5 Å². The Morgan fingerprint density at radius 3 is 3.12 bits per heavy atom. The van der Waals surface area contributed by atoms with Crippen molar-refractivity contribution in [2.45, 2.75) is 6.42 Å². The van der Waals surface area contributed by atoms with Gasteiger partial charge in [0, 0.05) is 0 Å². The van der Waals surface area contributed by atoms with Crippen LogP contribution in [0.1, 0.15) is 12.1 Å². The maximum absolute atomic E-state index is 10.3. The third-order valence-corrected chi connectivity index (χ3v) is 1.99. The van der Waals surface area contributed by atoms with Gasteiger partial charge in [-0.3, -0.25) is 9.89 Å². The largest absolute Gasteiger partial charge is 0.481 e. The fourth-order valence-corrected chi connectivity index (χ4v) is 1.30. The Morgan fingerprint density at radius 1 is 1.56 bits per heavy atom. The van der Waals surface area contributed by atoms with Gasteiger partial charge in [-0.05, 0) is 6.08 Å². The summed E-state index contributed by atoms with van der Waals surface area (Å²) < 4.78 is 0. The van der Waals surface area contributed by atoms with Crippen LogP contribution in [-0.4, -0.2) is 31.2 Å². The molecule has 0 bridgehead atoms. The van der Waals surface area contributed by atoms with Crippen LogP contribution in [-0.2, 0) is 4.79 Å². The Balaban J connectivity index is 2.38. The van der Waals surface area contributed by atoms with Crippen LogP contribution in [0.25, 0.3) is 17.1 Å². The summed E-state index contributed by atoms with van der Waals surface area (Å²) in [5, 5.41) is 15.7. The number of H-pyrrole nitrogens is 1. The van der Waals surface area contributed by atoms with Crippen molar-refractivity contribution in [1.29, 1.82) is 0 Å². The molecular formula is C9H9N5O2. The highest BCUT2D eigenvalue weighted by Crippen LogP contribution is 2.19. The number of hydrogen-bond acceptors (Lipinski definition) is 5. The zero-order valence-corrected chi connectivity index (χ0v) is 8.21. The van der Waals surface area contributed by atoms with Gasteiger partial charge in [0.1, 0.15) is 12.1 Å². The highest BCUT2D eigenvalue weighted by molar-refractivity contribution is 5.92. The molecule has 7 heteroatoms. The molecule has 0 spiro atoms. The second-order valence-corrected chi connectivity index (χ2v) is 3.10. The lowest BCUT2D eigenvalue weighted by Crippen LogP contribution is -1.92. The number of anilines is 1. The maximum atomic E-state index is 10.3. The van der Waals surface area contributed by atoms with Crippen molar-refractivity contribution < 1.29 is 9.90 Å². The van der Waals surface area contributed by atoms with E-state index in [2.05, 4.69) is 20.2 Å². The van der Waals surface area contributed by atoms with E-state index in [1.54, 1.807) is 6.08 Å². The molecule has 0 unspecified atom stereocenters. The quantitative estimate of drug-likeness (QED) is 0.688. The first-order valence-electron chi connectivity index (χ1n) is 4.51. The smallest absolute Gasteiger partial charge is 0.307 e. The molecule has 0 radical (unpaired) electrons. The normalized spacial score (nSPS) is 11.2. The fraction of sp³-hybridized carbons (Fsp3) is 0.111. The number of nitrogens with two attached hydrogens (primary N) is 1. The number of aromatic amines is 1. The number of hydrogen-bond donors (Lipinski definition) is 3. The van der Waals surface area contributed by atoms with Gasteiger partial charge in [-0.25, -0.2) is 9.97 Å². The average Bonchev–Trinajstić information content (AvgIpc) is 2.62. The molecular weight excluding hydrogens is 210 g/mol. The lowest BCUT2D eigenvalue weighted by molar-refractivity contribution is -0.135. The molecule has 7 nitrogen and oxygen atoms in total. The first-order chi connectivity index (χ1) is 7.68. The summed E-state index contributed by atoms with van der Waals surface area (Å²) in [4.78, 5) is 18.1. The van der Waals surface area contributed by atoms with E-state index < -0.39 is 5.97 Å². The number of rotatable bonds is 3. The van der Waals surface area contributed by atoms with Crippen LogP contribution >= 0.6 is 0 Å². The Morgan fingerprint density at radius 2 is 2.38 bits per heavy atom. The number of aliphatic carboxylic acids is 1. The Labute approximate surface area is 90.0 Å². The molecule has 16 heavy (non-hydrogen) atoms. The molecule has 2 rings (SSSR count). The van der Waals surface area contributed by atoms with E-state index in [4.69, 9.17) is 10.8 Å². The standard InChI is InChI=1S/C9H9N5O2/c10-8-7-5(2-1-3-6(15)16)13-14-9(7)12-4-11-8/h1-2,4H,3H2,(H,15,16)(H3,10,11,12,13,14). The monoisotopic (exact) mass is 219 g/mol. The zero-order valence-electron chi connectivity index (χ0n) is 8.21. The zero-order chi connectivity index (χ0) is 11.5. The first-order valence-corrected chi connectivity index (χ1v) is 4.51. The minimum absolute atomic E-state index is 0.0614. The van der Waals surface area contributed by atoms with Crippen LogP contribution in [0.5, 0.6) is 0 Å². The summed E-state index contributed by atoms with van der Waals surface area (Å²) in [5.74, 6) is -0.585. The van der Waals surface area contributed by atoms with Gasteiger partial charge < -0.3 is 10.8 Å². The molecule has 2 aromatic rings. The third-order valence-electron chi connectivity index (χ3n) is 1.99. The van der Waals surface area contributed by atoms with Gasteiger partial charge >= 0.3 is 5.97 Å². The van der Waals surface area contributed by atoms with E-state index >= 15 is 0 Å². The van der Waals surface area contributed by atoms with Crippen molar-refractivity contribution in [2.75, 3.05) is 5.73 Å². The van der Waals surface area contributed by atoms with Crippen LogP contribution in [0.2, 0.25) is 0 Å². The predicted octanol–water partition coefficient (Wildman–Crippen LogP) is 0.423. The highest BCUT2D eigenvalue weighted by atomic mass is 16.4. The fourth-order valence-electron chi connectivity index (χ4n) is 1.30. The molecule has 0 fully saturated rings. The number of nitrogen functional groups attached to an aromatic ring is 1. The van der Waals surface area contributed by atoms with Crippen molar-refractivity contribution >= 4 is 28.9 Å². The topological polar surface area (TPSA) is 118 Å². The van der Waals surface area contributed by atoms with Crippen molar-refractivity contribution in [3.8, 4) is 0 Å². The van der Waals surface area contributed by atoms with E-state index in [1.807, 2.05) is 0 Å². The molecule has 2 aromatic heterocycles. The van der Waals surface area contributed by atoms with Crippen LogP contribution in [0.4, 0.5) is 5.82 Å². The Bertz CT molecular complexity index is 560. The lowest BCUT2D eigenvalue weighted by atomic mass is 10.2. The molecule has 0 amide bonds. The summed E-state index contributed by atoms with van der Waals surface area (Å²) in [6.45, 7) is 0. The van der Waals surface area contributed by atoms with Gasteiger partial charge in [0.05, 0.1) is 17.5 Å². The SMILES string of the molecule is Nc1ncnc2n[nH]c(C=CCC(=O)O)c12. The van der Waals surface area contributed by atoms with Gasteiger partial charge in [0.15, 0.2) is 5.65 Å². The van der Waals surface area contributed by atoms with Crippen molar-refractivity contribution in [3.63, 3.8) is 0 Å². The average molecular weight is 219 g/mol. The molecule has 0 saturated heterocycles. The van der Waals surface area contributed by atoms with Crippen molar-refractivity contribution in [1.82, 2.24) is 20.2 Å². The second-order valence-electron chi connectivity index (χ2n) is 3.10. The second kappa shape index (κ2) is 3.97. The molecule has 0 aliphatic heterocycles. The van der Waals surface area contributed by atoms with E-state index in [-0.39, 0.29) is 6.42 Å². The highest BCUT2D eigenvalue weighted by Gasteiger charge is 2.07. The van der Waals surface area contributed by atoms with Crippen LogP contribution in [0, 0.1) is 0 Å². The van der Waals surface area contributed by atoms with Crippen molar-refractivity contribution in [3.05, 3.63) is 18.1 Å². The number of aromatic nitrogens is 4. The molecule has 4 N–H and O–H groups in total. The Kier molecular flexibility index (Phi) is 2.50. The summed E-state index contributed by atoms with van der Waals surface area (Å²) in [6.07, 6.45) is 4.36. The number of carbonyl (C=O) groups is 1. The minimum atomic E-state index is -0.899. The lowest BCUT2D eigenvalue weighted by Gasteiger charge is -1.93. The van der Waals surface area contributed by atoms with E-state index in [9.17, 15) is 4.79 Å². The predicted molar refractivity (Wildman–Crippen MR) is 57.4 cm³/mol. The first kappa shape index (κ1) is 10.1.